The molecule has 0 radical (unpaired) electrons. The minimum atomic E-state index is -0.589. The van der Waals surface area contributed by atoms with Gasteiger partial charge in [-0.15, -0.1) is 0 Å². The number of ether oxygens (including phenoxy) is 1. The Morgan fingerprint density at radius 1 is 1.59 bits per heavy atom. The molecule has 6 heteroatoms. The third-order valence-corrected chi connectivity index (χ3v) is 2.39. The van der Waals surface area contributed by atoms with Gasteiger partial charge in [-0.25, -0.2) is 10.2 Å². The van der Waals surface area contributed by atoms with E-state index in [1.807, 2.05) is 0 Å². The lowest BCUT2D eigenvalue weighted by Gasteiger charge is -2.15. The summed E-state index contributed by atoms with van der Waals surface area (Å²) in [5.41, 5.74) is 6.31. The Bertz CT molecular complexity index is 410. The number of carbonyl (C=O) groups is 1. The number of hydrogen-bond acceptors (Lipinski definition) is 4. The smallest absolute Gasteiger partial charge is 0.238 e. The molecule has 1 rings (SSSR count). The summed E-state index contributed by atoms with van der Waals surface area (Å²) < 4.78 is 18.2. The van der Waals surface area contributed by atoms with E-state index in [9.17, 15) is 9.18 Å². The number of nitrogens with two attached hydrogens (primary N) is 2. The molecule has 0 heterocycles. The number of hydrogen-bond donors (Lipinski definition) is 2. The highest BCUT2D eigenvalue weighted by atomic mass is 19.1. The summed E-state index contributed by atoms with van der Waals surface area (Å²) in [5, 5.41) is 0.958. The van der Waals surface area contributed by atoms with Crippen molar-refractivity contribution in [3.63, 3.8) is 0 Å². The highest BCUT2D eigenvalue weighted by Crippen LogP contribution is 2.22. The SMILES string of the molecule is COc1ccc(C(N)CC(=O)N(C)N)cc1F. The molecule has 0 bridgehead atoms. The minimum Gasteiger partial charge on any atom is -0.494 e. The fourth-order valence-electron chi connectivity index (χ4n) is 1.36. The Morgan fingerprint density at radius 2 is 2.24 bits per heavy atom. The summed E-state index contributed by atoms with van der Waals surface area (Å²) in [6, 6.07) is 3.76. The van der Waals surface area contributed by atoms with E-state index in [1.54, 1.807) is 6.07 Å². The van der Waals surface area contributed by atoms with Crippen LogP contribution in [0.2, 0.25) is 0 Å². The van der Waals surface area contributed by atoms with E-state index in [0.717, 1.165) is 5.01 Å². The molecule has 4 N–H and O–H groups in total. The second kappa shape index (κ2) is 5.60. The summed E-state index contributed by atoms with van der Waals surface area (Å²) in [4.78, 5) is 11.3. The molecule has 1 amide bonds. The van der Waals surface area contributed by atoms with E-state index in [1.165, 1.54) is 26.3 Å². The van der Waals surface area contributed by atoms with Crippen LogP contribution in [0.25, 0.3) is 0 Å². The third-order valence-electron chi connectivity index (χ3n) is 2.39. The topological polar surface area (TPSA) is 81.6 Å². The molecule has 0 spiro atoms. The van der Waals surface area contributed by atoms with Crippen LogP contribution in [-0.4, -0.2) is 25.1 Å². The first-order chi connectivity index (χ1) is 7.95. The zero-order valence-corrected chi connectivity index (χ0v) is 9.81. The van der Waals surface area contributed by atoms with E-state index >= 15 is 0 Å². The predicted molar refractivity (Wildman–Crippen MR) is 61.5 cm³/mol. The maximum absolute atomic E-state index is 13.4. The summed E-state index contributed by atoms with van der Waals surface area (Å²) in [5.74, 6) is 4.60. The summed E-state index contributed by atoms with van der Waals surface area (Å²) in [6.07, 6.45) is 0.0266. The molecule has 1 aromatic carbocycles. The van der Waals surface area contributed by atoms with Crippen LogP contribution in [0.4, 0.5) is 4.39 Å². The van der Waals surface area contributed by atoms with Gasteiger partial charge in [0.15, 0.2) is 11.6 Å². The number of hydrazine groups is 1. The number of benzene rings is 1. The van der Waals surface area contributed by atoms with Gasteiger partial charge in [0.05, 0.1) is 7.11 Å². The number of nitrogens with zero attached hydrogens (tertiary/aromatic N) is 1. The maximum Gasteiger partial charge on any atom is 0.238 e. The number of halogens is 1. The van der Waals surface area contributed by atoms with E-state index in [2.05, 4.69) is 0 Å². The van der Waals surface area contributed by atoms with Gasteiger partial charge in [-0.1, -0.05) is 6.07 Å². The van der Waals surface area contributed by atoms with Gasteiger partial charge in [-0.2, -0.15) is 0 Å². The van der Waals surface area contributed by atoms with Crippen molar-refractivity contribution in [1.82, 2.24) is 5.01 Å². The molecule has 0 aliphatic heterocycles. The van der Waals surface area contributed by atoms with E-state index in [0.29, 0.717) is 5.56 Å². The molecular weight excluding hydrogens is 225 g/mol. The van der Waals surface area contributed by atoms with Gasteiger partial charge in [0.2, 0.25) is 5.91 Å². The highest BCUT2D eigenvalue weighted by molar-refractivity contribution is 5.76. The average molecular weight is 241 g/mol. The summed E-state index contributed by atoms with van der Waals surface area (Å²) in [6.45, 7) is 0. The van der Waals surface area contributed by atoms with Gasteiger partial charge >= 0.3 is 0 Å². The fourth-order valence-corrected chi connectivity index (χ4v) is 1.36. The minimum absolute atomic E-state index is 0.0266. The number of rotatable bonds is 4. The molecule has 0 fully saturated rings. The zero-order chi connectivity index (χ0) is 13.0. The van der Waals surface area contributed by atoms with Crippen molar-refractivity contribution in [3.05, 3.63) is 29.6 Å². The first kappa shape index (κ1) is 13.4. The quantitative estimate of drug-likeness (QED) is 0.458. The van der Waals surface area contributed by atoms with E-state index in [4.69, 9.17) is 16.3 Å². The molecule has 0 aromatic heterocycles. The van der Waals surface area contributed by atoms with Gasteiger partial charge in [0, 0.05) is 19.5 Å². The van der Waals surface area contributed by atoms with E-state index in [-0.39, 0.29) is 18.1 Å². The molecule has 0 aliphatic carbocycles. The van der Waals surface area contributed by atoms with Crippen molar-refractivity contribution >= 4 is 5.91 Å². The first-order valence-corrected chi connectivity index (χ1v) is 5.06. The lowest BCUT2D eigenvalue weighted by molar-refractivity contribution is -0.130. The lowest BCUT2D eigenvalue weighted by Crippen LogP contribution is -2.35. The summed E-state index contributed by atoms with van der Waals surface area (Å²) >= 11 is 0. The molecule has 94 valence electrons. The molecule has 0 aliphatic rings. The molecule has 0 saturated heterocycles. The Kier molecular flexibility index (Phi) is 4.42. The molecular formula is C11H16FN3O2. The van der Waals surface area contributed by atoms with Crippen molar-refractivity contribution in [1.29, 1.82) is 0 Å². The van der Waals surface area contributed by atoms with Gasteiger partial charge < -0.3 is 10.5 Å². The van der Waals surface area contributed by atoms with Crippen LogP contribution >= 0.6 is 0 Å². The molecule has 5 nitrogen and oxygen atoms in total. The van der Waals surface area contributed by atoms with Crippen LogP contribution in [0.15, 0.2) is 18.2 Å². The van der Waals surface area contributed by atoms with Crippen molar-refractivity contribution in [2.75, 3.05) is 14.2 Å². The monoisotopic (exact) mass is 241 g/mol. The van der Waals surface area contributed by atoms with Gasteiger partial charge in [-0.3, -0.25) is 9.80 Å². The fraction of sp³-hybridized carbons (Fsp3) is 0.364. The Morgan fingerprint density at radius 3 is 2.71 bits per heavy atom. The molecule has 1 unspecified atom stereocenters. The Balaban J connectivity index is 2.79. The Labute approximate surface area is 99.1 Å². The number of methoxy groups -OCH3 is 1. The number of carbonyl (C=O) groups excluding carboxylic acids is 1. The number of amides is 1. The van der Waals surface area contributed by atoms with Crippen LogP contribution in [0.1, 0.15) is 18.0 Å². The standard InChI is InChI=1S/C11H16FN3O2/c1-15(14)11(16)6-9(13)7-3-4-10(17-2)8(12)5-7/h3-5,9H,6,13-14H2,1-2H3. The third kappa shape index (κ3) is 3.40. The second-order valence-corrected chi connectivity index (χ2v) is 3.71. The van der Waals surface area contributed by atoms with Crippen LogP contribution < -0.4 is 16.3 Å². The van der Waals surface area contributed by atoms with Crippen molar-refractivity contribution in [3.8, 4) is 5.75 Å². The second-order valence-electron chi connectivity index (χ2n) is 3.71. The van der Waals surface area contributed by atoms with Gasteiger partial charge in [-0.05, 0) is 17.7 Å². The van der Waals surface area contributed by atoms with Crippen LogP contribution in [0, 0.1) is 5.82 Å². The van der Waals surface area contributed by atoms with Crippen LogP contribution in [-0.2, 0) is 4.79 Å². The van der Waals surface area contributed by atoms with Crippen molar-refractivity contribution in [2.45, 2.75) is 12.5 Å². The van der Waals surface area contributed by atoms with Crippen LogP contribution in [0.5, 0.6) is 5.75 Å². The molecule has 1 aromatic rings. The van der Waals surface area contributed by atoms with Crippen molar-refractivity contribution in [2.24, 2.45) is 11.6 Å². The lowest BCUT2D eigenvalue weighted by atomic mass is 10.0. The largest absolute Gasteiger partial charge is 0.494 e. The zero-order valence-electron chi connectivity index (χ0n) is 9.81. The predicted octanol–water partition coefficient (Wildman–Crippen LogP) is 0.556. The highest BCUT2D eigenvalue weighted by Gasteiger charge is 2.15. The average Bonchev–Trinajstić information content (AvgIpc) is 2.28. The molecule has 1 atom stereocenters. The first-order valence-electron chi connectivity index (χ1n) is 5.06. The van der Waals surface area contributed by atoms with E-state index < -0.39 is 11.9 Å². The van der Waals surface area contributed by atoms with Crippen molar-refractivity contribution < 1.29 is 13.9 Å². The van der Waals surface area contributed by atoms with Gasteiger partial charge in [0.25, 0.3) is 0 Å². The van der Waals surface area contributed by atoms with Gasteiger partial charge in [0.1, 0.15) is 0 Å². The Hall–Kier alpha value is -1.66. The normalized spacial score (nSPS) is 12.1. The molecule has 0 saturated carbocycles. The molecule has 17 heavy (non-hydrogen) atoms. The van der Waals surface area contributed by atoms with Crippen LogP contribution in [0.3, 0.4) is 0 Å². The maximum atomic E-state index is 13.4. The summed E-state index contributed by atoms with van der Waals surface area (Å²) in [7, 11) is 2.81.